The van der Waals surface area contributed by atoms with Gasteiger partial charge in [0.1, 0.15) is 0 Å². The van der Waals surface area contributed by atoms with Crippen LogP contribution in [0.1, 0.15) is 5.56 Å². The fourth-order valence-corrected chi connectivity index (χ4v) is 0.944. The third-order valence-electron chi connectivity index (χ3n) is 1.65. The molecule has 0 saturated heterocycles. The Balaban J connectivity index is 2.95. The van der Waals surface area contributed by atoms with Gasteiger partial charge in [0.05, 0.1) is 5.56 Å². The summed E-state index contributed by atoms with van der Waals surface area (Å²) in [6.07, 6.45) is -6.59. The standard InChI is InChI=1S/C7H8F3N3O2/c8-3(4(9)10)1-2-5(14)12-7(11)13-6(2)15/h3-4H,1H2,(H4,11,12,13,14,15). The molecule has 1 atom stereocenters. The maximum atomic E-state index is 12.6. The van der Waals surface area contributed by atoms with E-state index in [0.29, 0.717) is 0 Å². The highest BCUT2D eigenvalue weighted by Gasteiger charge is 2.24. The van der Waals surface area contributed by atoms with Crippen LogP contribution in [0.4, 0.5) is 19.1 Å². The molecule has 1 aromatic heterocycles. The van der Waals surface area contributed by atoms with Gasteiger partial charge in [0.2, 0.25) is 17.7 Å². The van der Waals surface area contributed by atoms with Crippen molar-refractivity contribution in [3.63, 3.8) is 0 Å². The monoisotopic (exact) mass is 223 g/mol. The number of anilines is 1. The summed E-state index contributed by atoms with van der Waals surface area (Å²) in [5, 5.41) is 18.2. The van der Waals surface area contributed by atoms with E-state index in [4.69, 9.17) is 15.9 Å². The Morgan fingerprint density at radius 2 is 1.60 bits per heavy atom. The van der Waals surface area contributed by atoms with E-state index in [1.807, 2.05) is 0 Å². The Kier molecular flexibility index (Phi) is 3.17. The van der Waals surface area contributed by atoms with Crippen LogP contribution in [0, 0.1) is 0 Å². The van der Waals surface area contributed by atoms with Crippen molar-refractivity contribution in [1.82, 2.24) is 9.97 Å². The zero-order chi connectivity index (χ0) is 11.6. The first-order chi connectivity index (χ1) is 6.91. The number of rotatable bonds is 3. The van der Waals surface area contributed by atoms with Crippen LogP contribution in [0.3, 0.4) is 0 Å². The molecule has 0 aliphatic heterocycles. The van der Waals surface area contributed by atoms with Gasteiger partial charge in [0.15, 0.2) is 6.17 Å². The topological polar surface area (TPSA) is 92.3 Å². The molecular weight excluding hydrogens is 215 g/mol. The first-order valence-electron chi connectivity index (χ1n) is 3.88. The molecule has 0 bridgehead atoms. The van der Waals surface area contributed by atoms with Crippen LogP contribution in [0.5, 0.6) is 11.8 Å². The number of alkyl halides is 3. The first kappa shape index (κ1) is 11.3. The molecule has 5 nitrogen and oxygen atoms in total. The van der Waals surface area contributed by atoms with Gasteiger partial charge < -0.3 is 15.9 Å². The summed E-state index contributed by atoms with van der Waals surface area (Å²) in [4.78, 5) is 6.39. The molecule has 0 spiro atoms. The Hall–Kier alpha value is -1.73. The average Bonchev–Trinajstić information content (AvgIpc) is 2.10. The van der Waals surface area contributed by atoms with Gasteiger partial charge in [-0.3, -0.25) is 0 Å². The quantitative estimate of drug-likeness (QED) is 0.698. The second-order valence-corrected chi connectivity index (χ2v) is 2.76. The fourth-order valence-electron chi connectivity index (χ4n) is 0.944. The van der Waals surface area contributed by atoms with Gasteiger partial charge in [0, 0.05) is 6.42 Å². The normalized spacial score (nSPS) is 13.1. The Labute approximate surface area is 82.4 Å². The van der Waals surface area contributed by atoms with Gasteiger partial charge in [-0.2, -0.15) is 9.97 Å². The van der Waals surface area contributed by atoms with Crippen molar-refractivity contribution in [2.24, 2.45) is 0 Å². The van der Waals surface area contributed by atoms with Crippen molar-refractivity contribution in [1.29, 1.82) is 0 Å². The van der Waals surface area contributed by atoms with Gasteiger partial charge in [-0.15, -0.1) is 0 Å². The van der Waals surface area contributed by atoms with Crippen molar-refractivity contribution in [3.8, 4) is 11.8 Å². The lowest BCUT2D eigenvalue weighted by Gasteiger charge is -2.09. The predicted molar refractivity (Wildman–Crippen MR) is 44.4 cm³/mol. The molecule has 1 unspecified atom stereocenters. The van der Waals surface area contributed by atoms with Crippen molar-refractivity contribution in [3.05, 3.63) is 5.56 Å². The third-order valence-corrected chi connectivity index (χ3v) is 1.65. The van der Waals surface area contributed by atoms with E-state index in [1.165, 1.54) is 0 Å². The second-order valence-electron chi connectivity index (χ2n) is 2.76. The van der Waals surface area contributed by atoms with Gasteiger partial charge >= 0.3 is 0 Å². The maximum absolute atomic E-state index is 12.6. The van der Waals surface area contributed by atoms with Crippen LogP contribution in [0.15, 0.2) is 0 Å². The lowest BCUT2D eigenvalue weighted by Crippen LogP contribution is -2.16. The Morgan fingerprint density at radius 1 is 1.13 bits per heavy atom. The number of nitrogen functional groups attached to an aromatic ring is 1. The molecule has 0 radical (unpaired) electrons. The van der Waals surface area contributed by atoms with Crippen molar-refractivity contribution in [2.75, 3.05) is 5.73 Å². The zero-order valence-corrected chi connectivity index (χ0v) is 7.36. The minimum atomic E-state index is -3.21. The second kappa shape index (κ2) is 4.20. The number of nitrogens with zero attached hydrogens (tertiary/aromatic N) is 2. The summed E-state index contributed by atoms with van der Waals surface area (Å²) in [5.74, 6) is -2.03. The molecule has 0 amide bonds. The molecule has 1 aromatic rings. The minimum Gasteiger partial charge on any atom is -0.493 e. The average molecular weight is 223 g/mol. The number of halogens is 3. The lowest BCUT2D eigenvalue weighted by atomic mass is 10.1. The van der Waals surface area contributed by atoms with E-state index in [2.05, 4.69) is 9.97 Å². The Bertz CT molecular complexity index is 338. The maximum Gasteiger partial charge on any atom is 0.269 e. The predicted octanol–water partition coefficient (Wildman–Crippen LogP) is 0.616. The van der Waals surface area contributed by atoms with E-state index in [9.17, 15) is 13.2 Å². The highest BCUT2D eigenvalue weighted by Crippen LogP contribution is 2.27. The number of nitrogens with two attached hydrogens (primary N) is 1. The van der Waals surface area contributed by atoms with Gasteiger partial charge in [-0.05, 0) is 0 Å². The van der Waals surface area contributed by atoms with Crippen molar-refractivity contribution >= 4 is 5.95 Å². The van der Waals surface area contributed by atoms with Gasteiger partial charge in [-0.1, -0.05) is 0 Å². The number of hydrogen-bond acceptors (Lipinski definition) is 5. The van der Waals surface area contributed by atoms with Crippen LogP contribution >= 0.6 is 0 Å². The smallest absolute Gasteiger partial charge is 0.269 e. The van der Waals surface area contributed by atoms with Crippen LogP contribution in [-0.4, -0.2) is 32.8 Å². The van der Waals surface area contributed by atoms with E-state index >= 15 is 0 Å². The van der Waals surface area contributed by atoms with E-state index in [-0.39, 0.29) is 0 Å². The SMILES string of the molecule is Nc1nc(O)c(CC(F)C(F)F)c(O)n1. The van der Waals surface area contributed by atoms with Crippen LogP contribution < -0.4 is 5.73 Å². The van der Waals surface area contributed by atoms with Gasteiger partial charge in [0.25, 0.3) is 6.43 Å². The molecular formula is C7H8F3N3O2. The number of hydrogen-bond donors (Lipinski definition) is 3. The van der Waals surface area contributed by atoms with E-state index in [1.54, 1.807) is 0 Å². The summed E-state index contributed by atoms with van der Waals surface area (Å²) >= 11 is 0. The molecule has 1 heterocycles. The van der Waals surface area contributed by atoms with Crippen LogP contribution in [0.25, 0.3) is 0 Å². The molecule has 0 aliphatic carbocycles. The highest BCUT2D eigenvalue weighted by molar-refractivity contribution is 5.38. The van der Waals surface area contributed by atoms with Crippen molar-refractivity contribution < 1.29 is 23.4 Å². The van der Waals surface area contributed by atoms with Crippen LogP contribution in [-0.2, 0) is 6.42 Å². The molecule has 0 aliphatic rings. The summed E-state index contributed by atoms with van der Waals surface area (Å²) in [6.45, 7) is 0. The third kappa shape index (κ3) is 2.61. The molecule has 4 N–H and O–H groups in total. The van der Waals surface area contributed by atoms with E-state index in [0.717, 1.165) is 0 Å². The van der Waals surface area contributed by atoms with E-state index < -0.39 is 42.3 Å². The first-order valence-corrected chi connectivity index (χ1v) is 3.88. The molecule has 1 rings (SSSR count). The summed E-state index contributed by atoms with van der Waals surface area (Å²) in [5.41, 5.74) is 4.55. The fraction of sp³-hybridized carbons (Fsp3) is 0.429. The molecule has 15 heavy (non-hydrogen) atoms. The minimum absolute atomic E-state index is 0.429. The molecule has 8 heteroatoms. The summed E-state index contributed by atoms with van der Waals surface area (Å²) in [7, 11) is 0. The zero-order valence-electron chi connectivity index (χ0n) is 7.36. The largest absolute Gasteiger partial charge is 0.493 e. The Morgan fingerprint density at radius 3 is 2.00 bits per heavy atom. The lowest BCUT2D eigenvalue weighted by molar-refractivity contribution is 0.0496. The summed E-state index contributed by atoms with van der Waals surface area (Å²) in [6, 6.07) is 0. The highest BCUT2D eigenvalue weighted by atomic mass is 19.3. The van der Waals surface area contributed by atoms with Crippen molar-refractivity contribution in [2.45, 2.75) is 19.0 Å². The summed E-state index contributed by atoms with van der Waals surface area (Å²) < 4.78 is 36.3. The molecule has 0 saturated carbocycles. The number of aromatic nitrogens is 2. The molecule has 84 valence electrons. The molecule has 0 fully saturated rings. The number of aromatic hydroxyl groups is 2. The molecule has 0 aromatic carbocycles. The van der Waals surface area contributed by atoms with Crippen LogP contribution in [0.2, 0.25) is 0 Å². The van der Waals surface area contributed by atoms with Gasteiger partial charge in [-0.25, -0.2) is 13.2 Å².